The van der Waals surface area contributed by atoms with Crippen molar-refractivity contribution in [2.45, 2.75) is 6.92 Å². The van der Waals surface area contributed by atoms with Gasteiger partial charge in [-0.3, -0.25) is 9.78 Å². The molecule has 0 bridgehead atoms. The summed E-state index contributed by atoms with van der Waals surface area (Å²) < 4.78 is 0.495. The summed E-state index contributed by atoms with van der Waals surface area (Å²) in [5, 5.41) is 10.7. The fraction of sp³-hybridized carbons (Fsp3) is 0.167. The summed E-state index contributed by atoms with van der Waals surface area (Å²) in [6, 6.07) is 0. The minimum absolute atomic E-state index is 0.0718. The van der Waals surface area contributed by atoms with Crippen molar-refractivity contribution in [2.75, 3.05) is 0 Å². The van der Waals surface area contributed by atoms with Crippen molar-refractivity contribution in [3.63, 3.8) is 0 Å². The molecular weight excluding hydrogens is 132 g/mol. The third-order valence-electron chi connectivity index (χ3n) is 1.08. The van der Waals surface area contributed by atoms with Gasteiger partial charge in [-0.05, 0) is 0 Å². The van der Waals surface area contributed by atoms with E-state index in [4.69, 9.17) is 0 Å². The normalized spacial score (nSPS) is 9.30. The Morgan fingerprint density at radius 1 is 1.80 bits per heavy atom. The SMILES string of the molecule is CC(=O)c1cncc[n+]1[O-]. The Morgan fingerprint density at radius 3 is 2.90 bits per heavy atom. The van der Waals surface area contributed by atoms with Gasteiger partial charge in [0.05, 0.1) is 6.20 Å². The molecule has 0 saturated carbocycles. The summed E-state index contributed by atoms with van der Waals surface area (Å²) in [5.41, 5.74) is 0.0718. The molecule has 0 radical (unpaired) electrons. The van der Waals surface area contributed by atoms with E-state index in [2.05, 4.69) is 4.98 Å². The van der Waals surface area contributed by atoms with Crippen LogP contribution in [0.4, 0.5) is 0 Å². The van der Waals surface area contributed by atoms with E-state index in [1.165, 1.54) is 25.5 Å². The molecule has 52 valence electrons. The Hall–Kier alpha value is -1.45. The van der Waals surface area contributed by atoms with Crippen LogP contribution in [0, 0.1) is 5.21 Å². The number of ketones is 1. The third-order valence-corrected chi connectivity index (χ3v) is 1.08. The molecule has 0 amide bonds. The fourth-order valence-electron chi connectivity index (χ4n) is 0.596. The molecule has 4 nitrogen and oxygen atoms in total. The van der Waals surface area contributed by atoms with Crippen LogP contribution in [-0.4, -0.2) is 10.8 Å². The summed E-state index contributed by atoms with van der Waals surface area (Å²) in [5.74, 6) is -0.275. The van der Waals surface area contributed by atoms with Crippen LogP contribution in [0.15, 0.2) is 18.6 Å². The Morgan fingerprint density at radius 2 is 2.50 bits per heavy atom. The van der Waals surface area contributed by atoms with Gasteiger partial charge in [-0.25, -0.2) is 0 Å². The van der Waals surface area contributed by atoms with Gasteiger partial charge >= 0.3 is 0 Å². The second-order valence-electron chi connectivity index (χ2n) is 1.84. The maximum absolute atomic E-state index is 10.7. The highest BCUT2D eigenvalue weighted by Gasteiger charge is 2.08. The van der Waals surface area contributed by atoms with E-state index in [-0.39, 0.29) is 11.5 Å². The summed E-state index contributed by atoms with van der Waals surface area (Å²) in [4.78, 5) is 14.2. The van der Waals surface area contributed by atoms with Crippen molar-refractivity contribution < 1.29 is 9.52 Å². The Balaban J connectivity index is 3.15. The van der Waals surface area contributed by atoms with Crippen molar-refractivity contribution >= 4 is 5.78 Å². The van der Waals surface area contributed by atoms with Gasteiger partial charge in [-0.15, -0.1) is 0 Å². The quantitative estimate of drug-likeness (QED) is 0.310. The predicted molar refractivity (Wildman–Crippen MR) is 33.2 cm³/mol. The average molecular weight is 138 g/mol. The highest BCUT2D eigenvalue weighted by Crippen LogP contribution is 1.86. The molecule has 1 aromatic heterocycles. The van der Waals surface area contributed by atoms with Gasteiger partial charge < -0.3 is 5.21 Å². The van der Waals surface area contributed by atoms with E-state index in [9.17, 15) is 10.0 Å². The summed E-state index contributed by atoms with van der Waals surface area (Å²) in [6.07, 6.45) is 3.77. The summed E-state index contributed by atoms with van der Waals surface area (Å²) >= 11 is 0. The first-order valence-corrected chi connectivity index (χ1v) is 2.76. The van der Waals surface area contributed by atoms with Crippen molar-refractivity contribution in [2.24, 2.45) is 0 Å². The first-order valence-electron chi connectivity index (χ1n) is 2.76. The smallest absolute Gasteiger partial charge is 0.277 e. The van der Waals surface area contributed by atoms with E-state index >= 15 is 0 Å². The van der Waals surface area contributed by atoms with Gasteiger partial charge in [0.25, 0.3) is 5.69 Å². The number of hydrogen-bond donors (Lipinski definition) is 0. The van der Waals surface area contributed by atoms with Crippen LogP contribution >= 0.6 is 0 Å². The van der Waals surface area contributed by atoms with Gasteiger partial charge in [0.2, 0.25) is 5.78 Å². The van der Waals surface area contributed by atoms with Gasteiger partial charge in [0.15, 0.2) is 6.20 Å². The molecule has 0 atom stereocenters. The summed E-state index contributed by atoms with van der Waals surface area (Å²) in [7, 11) is 0. The van der Waals surface area contributed by atoms with E-state index in [1.54, 1.807) is 0 Å². The molecule has 4 heteroatoms. The van der Waals surface area contributed by atoms with Gasteiger partial charge in [-0.1, -0.05) is 0 Å². The lowest BCUT2D eigenvalue weighted by Gasteiger charge is -1.97. The van der Waals surface area contributed by atoms with Crippen LogP contribution in [0.1, 0.15) is 17.4 Å². The highest BCUT2D eigenvalue weighted by atomic mass is 16.5. The molecule has 0 saturated heterocycles. The van der Waals surface area contributed by atoms with Gasteiger partial charge in [0, 0.05) is 6.92 Å². The standard InChI is InChI=1S/C6H6N2O2/c1-5(9)6-4-7-2-3-8(6)10/h2-4H,1H3. The molecule has 0 aliphatic carbocycles. The highest BCUT2D eigenvalue weighted by molar-refractivity contribution is 5.90. The van der Waals surface area contributed by atoms with Crippen molar-refractivity contribution in [3.8, 4) is 0 Å². The molecule has 0 aromatic carbocycles. The summed E-state index contributed by atoms with van der Waals surface area (Å²) in [6.45, 7) is 1.32. The van der Waals surface area contributed by atoms with Crippen LogP contribution < -0.4 is 4.73 Å². The Kier molecular flexibility index (Phi) is 1.62. The number of rotatable bonds is 1. The minimum atomic E-state index is -0.275. The Bertz CT molecular complexity index is 260. The maximum Gasteiger partial charge on any atom is 0.277 e. The topological polar surface area (TPSA) is 56.9 Å². The molecule has 10 heavy (non-hydrogen) atoms. The zero-order valence-corrected chi connectivity index (χ0v) is 5.44. The van der Waals surface area contributed by atoms with Crippen LogP contribution in [0.3, 0.4) is 0 Å². The average Bonchev–Trinajstić information content (AvgIpc) is 1.88. The van der Waals surface area contributed by atoms with Gasteiger partial charge in [-0.2, -0.15) is 4.73 Å². The maximum atomic E-state index is 10.7. The Labute approximate surface area is 57.7 Å². The lowest BCUT2D eigenvalue weighted by atomic mass is 10.3. The van der Waals surface area contributed by atoms with E-state index in [1.807, 2.05) is 0 Å². The number of carbonyl (C=O) groups is 1. The van der Waals surface area contributed by atoms with Crippen molar-refractivity contribution in [3.05, 3.63) is 29.5 Å². The molecule has 0 aliphatic rings. The molecular formula is C6H6N2O2. The van der Waals surface area contributed by atoms with E-state index < -0.39 is 0 Å². The van der Waals surface area contributed by atoms with E-state index in [0.29, 0.717) is 4.73 Å². The lowest BCUT2D eigenvalue weighted by Crippen LogP contribution is -2.33. The number of aromatic nitrogens is 2. The minimum Gasteiger partial charge on any atom is -0.618 e. The van der Waals surface area contributed by atoms with Crippen LogP contribution in [0.5, 0.6) is 0 Å². The molecule has 0 aliphatic heterocycles. The molecule has 0 N–H and O–H groups in total. The van der Waals surface area contributed by atoms with Crippen molar-refractivity contribution in [1.82, 2.24) is 4.98 Å². The van der Waals surface area contributed by atoms with Gasteiger partial charge in [0.1, 0.15) is 6.20 Å². The predicted octanol–water partition coefficient (Wildman–Crippen LogP) is -0.0824. The first-order chi connectivity index (χ1) is 4.72. The molecule has 1 aromatic rings. The number of Topliss-reactive ketones (excluding diaryl/α,β-unsaturated/α-hetero) is 1. The van der Waals surface area contributed by atoms with E-state index in [0.717, 1.165) is 0 Å². The largest absolute Gasteiger partial charge is 0.618 e. The third kappa shape index (κ3) is 1.10. The lowest BCUT2D eigenvalue weighted by molar-refractivity contribution is -0.608. The second-order valence-corrected chi connectivity index (χ2v) is 1.84. The molecule has 0 spiro atoms. The number of nitrogens with zero attached hydrogens (tertiary/aromatic N) is 2. The monoisotopic (exact) mass is 138 g/mol. The molecule has 0 unspecified atom stereocenters. The fourth-order valence-corrected chi connectivity index (χ4v) is 0.596. The zero-order valence-electron chi connectivity index (χ0n) is 5.44. The molecule has 0 fully saturated rings. The van der Waals surface area contributed by atoms with Crippen LogP contribution in [-0.2, 0) is 0 Å². The van der Waals surface area contributed by atoms with Crippen LogP contribution in [0.2, 0.25) is 0 Å². The molecule has 1 rings (SSSR count). The first kappa shape index (κ1) is 6.67. The molecule has 1 heterocycles. The number of carbonyl (C=O) groups excluding carboxylic acids is 1. The van der Waals surface area contributed by atoms with Crippen molar-refractivity contribution in [1.29, 1.82) is 0 Å². The zero-order chi connectivity index (χ0) is 7.56. The number of hydrogen-bond acceptors (Lipinski definition) is 3. The second kappa shape index (κ2) is 2.43. The van der Waals surface area contributed by atoms with Crippen LogP contribution in [0.25, 0.3) is 0 Å².